The Morgan fingerprint density at radius 1 is 1.22 bits per heavy atom. The van der Waals surface area contributed by atoms with E-state index in [1.165, 1.54) is 0 Å². The van der Waals surface area contributed by atoms with Gasteiger partial charge in [-0.3, -0.25) is 14.5 Å². The fourth-order valence-electron chi connectivity index (χ4n) is 6.12. The lowest BCUT2D eigenvalue weighted by Gasteiger charge is -2.31. The third kappa shape index (κ3) is 5.09. The van der Waals surface area contributed by atoms with Crippen molar-refractivity contribution in [3.8, 4) is 6.07 Å². The normalized spacial score (nSPS) is 29.2. The summed E-state index contributed by atoms with van der Waals surface area (Å²) in [6.45, 7) is 2.35. The molecule has 0 aromatic heterocycles. The van der Waals surface area contributed by atoms with Crippen molar-refractivity contribution < 1.29 is 19.1 Å². The van der Waals surface area contributed by atoms with E-state index in [9.17, 15) is 19.6 Å². The lowest BCUT2D eigenvalue weighted by Crippen LogP contribution is -2.50. The predicted molar refractivity (Wildman–Crippen MR) is 118 cm³/mol. The highest BCUT2D eigenvalue weighted by Gasteiger charge is 2.50. The zero-order valence-corrected chi connectivity index (χ0v) is 19.2. The Morgan fingerprint density at radius 3 is 2.56 bits per heavy atom. The highest BCUT2D eigenvalue weighted by Crippen LogP contribution is 2.48. The summed E-state index contributed by atoms with van der Waals surface area (Å²) < 4.78 is 5.83. The van der Waals surface area contributed by atoms with E-state index in [1.807, 2.05) is 0 Å². The first kappa shape index (κ1) is 23.0. The molecule has 4 aliphatic rings. The van der Waals surface area contributed by atoms with E-state index in [2.05, 4.69) is 23.3 Å². The molecule has 8 heteroatoms. The molecule has 2 aliphatic carbocycles. The summed E-state index contributed by atoms with van der Waals surface area (Å²) in [5.74, 6) is -0.241. The lowest BCUT2D eigenvalue weighted by atomic mass is 9.84. The van der Waals surface area contributed by atoms with E-state index in [1.54, 1.807) is 4.90 Å². The van der Waals surface area contributed by atoms with Gasteiger partial charge in [0.25, 0.3) is 0 Å². The maximum Gasteiger partial charge on any atom is 0.410 e. The van der Waals surface area contributed by atoms with Gasteiger partial charge in [-0.1, -0.05) is 12.8 Å². The Labute approximate surface area is 190 Å². The second-order valence-electron chi connectivity index (χ2n) is 10.4. The van der Waals surface area contributed by atoms with Crippen LogP contribution in [0.5, 0.6) is 0 Å². The van der Waals surface area contributed by atoms with Crippen LogP contribution in [0.2, 0.25) is 0 Å². The number of hydrogen-bond acceptors (Lipinski definition) is 6. The van der Waals surface area contributed by atoms with Crippen LogP contribution in [-0.4, -0.2) is 72.5 Å². The molecule has 176 valence electrons. The van der Waals surface area contributed by atoms with E-state index >= 15 is 0 Å². The number of nitrogens with one attached hydrogen (secondary N) is 1. The maximum atomic E-state index is 13.3. The van der Waals surface area contributed by atoms with Gasteiger partial charge in [-0.05, 0) is 63.8 Å². The molecule has 0 aromatic carbocycles. The van der Waals surface area contributed by atoms with Crippen LogP contribution in [0.4, 0.5) is 4.79 Å². The fourth-order valence-corrected chi connectivity index (χ4v) is 6.12. The minimum absolute atomic E-state index is 0.0165. The number of carbonyl (C=O) groups excluding carboxylic acids is 3. The van der Waals surface area contributed by atoms with Gasteiger partial charge in [0, 0.05) is 32.0 Å². The summed E-state index contributed by atoms with van der Waals surface area (Å²) in [4.78, 5) is 42.2. The van der Waals surface area contributed by atoms with Crippen molar-refractivity contribution in [2.75, 3.05) is 26.7 Å². The Bertz CT molecular complexity index is 764. The molecule has 32 heavy (non-hydrogen) atoms. The SMILES string of the molecule is CN1CCC(OC(=O)N2CC3(CCCC3)C[C@H]2C(=O)N[C@H](C#N)C[C@@H]2CCCC2=O)CC1. The molecule has 2 saturated carbocycles. The van der Waals surface area contributed by atoms with Gasteiger partial charge in [0.1, 0.15) is 24.0 Å². The molecule has 2 aliphatic heterocycles. The van der Waals surface area contributed by atoms with Gasteiger partial charge in [-0.25, -0.2) is 4.79 Å². The zero-order valence-electron chi connectivity index (χ0n) is 19.2. The highest BCUT2D eigenvalue weighted by molar-refractivity contribution is 5.87. The third-order valence-electron chi connectivity index (χ3n) is 8.07. The molecular weight excluding hydrogens is 408 g/mol. The average Bonchev–Trinajstić information content (AvgIpc) is 3.51. The van der Waals surface area contributed by atoms with Gasteiger partial charge < -0.3 is 15.0 Å². The van der Waals surface area contributed by atoms with Gasteiger partial charge in [-0.2, -0.15) is 5.26 Å². The van der Waals surface area contributed by atoms with Crippen molar-refractivity contribution in [1.82, 2.24) is 15.1 Å². The second-order valence-corrected chi connectivity index (χ2v) is 10.4. The van der Waals surface area contributed by atoms with Crippen molar-refractivity contribution in [1.29, 1.82) is 5.26 Å². The number of nitriles is 1. The van der Waals surface area contributed by atoms with Gasteiger partial charge in [0.15, 0.2) is 0 Å². The summed E-state index contributed by atoms with van der Waals surface area (Å²) in [5.41, 5.74) is -0.0165. The number of nitrogens with zero attached hydrogens (tertiary/aromatic N) is 3. The molecular formula is C24H36N4O4. The van der Waals surface area contributed by atoms with Crippen LogP contribution in [0.15, 0.2) is 0 Å². The summed E-state index contributed by atoms with van der Waals surface area (Å²) in [6.07, 6.45) is 8.60. The molecule has 3 atom stereocenters. The molecule has 2 amide bonds. The number of amides is 2. The number of Topliss-reactive ketones (excluding diaryl/α,β-unsaturated/α-hetero) is 1. The molecule has 4 rings (SSSR count). The van der Waals surface area contributed by atoms with Crippen molar-refractivity contribution in [3.05, 3.63) is 0 Å². The summed E-state index contributed by atoms with van der Waals surface area (Å²) in [6, 6.07) is 0.839. The topological polar surface area (TPSA) is 103 Å². The third-order valence-corrected chi connectivity index (χ3v) is 8.07. The molecule has 4 fully saturated rings. The van der Waals surface area contributed by atoms with Crippen LogP contribution >= 0.6 is 0 Å². The molecule has 2 saturated heterocycles. The minimum Gasteiger partial charge on any atom is -0.446 e. The number of piperidine rings is 1. The van der Waals surface area contributed by atoms with Gasteiger partial charge in [0.05, 0.1) is 6.07 Å². The number of ether oxygens (including phenoxy) is 1. The first-order valence-electron chi connectivity index (χ1n) is 12.3. The largest absolute Gasteiger partial charge is 0.446 e. The van der Waals surface area contributed by atoms with Gasteiger partial charge in [-0.15, -0.1) is 0 Å². The van der Waals surface area contributed by atoms with Crippen molar-refractivity contribution in [3.63, 3.8) is 0 Å². The number of hydrogen-bond donors (Lipinski definition) is 1. The Balaban J connectivity index is 1.41. The van der Waals surface area contributed by atoms with Gasteiger partial charge >= 0.3 is 6.09 Å². The van der Waals surface area contributed by atoms with Crippen LogP contribution in [0, 0.1) is 22.7 Å². The molecule has 1 N–H and O–H groups in total. The van der Waals surface area contributed by atoms with Gasteiger partial charge in [0.2, 0.25) is 5.91 Å². The molecule has 0 unspecified atom stereocenters. The number of rotatable bonds is 5. The Hall–Kier alpha value is -2.14. The zero-order chi connectivity index (χ0) is 22.7. The number of ketones is 1. The van der Waals surface area contributed by atoms with E-state index < -0.39 is 18.2 Å². The number of likely N-dealkylation sites (tertiary alicyclic amines) is 2. The monoisotopic (exact) mass is 444 g/mol. The molecule has 8 nitrogen and oxygen atoms in total. The number of carbonyl (C=O) groups is 3. The Morgan fingerprint density at radius 2 is 1.94 bits per heavy atom. The van der Waals surface area contributed by atoms with E-state index in [-0.39, 0.29) is 29.1 Å². The molecule has 0 aromatic rings. The van der Waals surface area contributed by atoms with Crippen LogP contribution in [0.1, 0.15) is 70.6 Å². The summed E-state index contributed by atoms with van der Waals surface area (Å²) in [5, 5.41) is 12.4. The Kier molecular flexibility index (Phi) is 7.04. The smallest absolute Gasteiger partial charge is 0.410 e. The van der Waals surface area contributed by atoms with Crippen LogP contribution in [0.3, 0.4) is 0 Å². The first-order valence-corrected chi connectivity index (χ1v) is 12.3. The standard InChI is InChI=1S/C24H36N4O4/c1-27-11-7-19(8-12-27)32-23(31)28-16-24(9-2-3-10-24)14-20(28)22(30)26-18(15-25)13-17-5-4-6-21(17)29/h17-20H,2-14,16H2,1H3,(H,26,30)/t17-,18-,20-/m0/s1. The van der Waals surface area contributed by atoms with E-state index in [4.69, 9.17) is 4.74 Å². The van der Waals surface area contributed by atoms with Crippen molar-refractivity contribution in [2.24, 2.45) is 11.3 Å². The van der Waals surface area contributed by atoms with Crippen molar-refractivity contribution in [2.45, 2.75) is 88.8 Å². The van der Waals surface area contributed by atoms with E-state index in [0.717, 1.165) is 64.5 Å². The van der Waals surface area contributed by atoms with E-state index in [0.29, 0.717) is 25.8 Å². The second kappa shape index (κ2) is 9.78. The first-order chi connectivity index (χ1) is 15.4. The molecule has 2 heterocycles. The van der Waals surface area contributed by atoms with Crippen LogP contribution in [-0.2, 0) is 14.3 Å². The lowest BCUT2D eigenvalue weighted by molar-refractivity contribution is -0.126. The average molecular weight is 445 g/mol. The maximum absolute atomic E-state index is 13.3. The minimum atomic E-state index is -0.707. The highest BCUT2D eigenvalue weighted by atomic mass is 16.6. The summed E-state index contributed by atoms with van der Waals surface area (Å²) >= 11 is 0. The van der Waals surface area contributed by atoms with Crippen molar-refractivity contribution >= 4 is 17.8 Å². The quantitative estimate of drug-likeness (QED) is 0.699. The van der Waals surface area contributed by atoms with Crippen LogP contribution < -0.4 is 5.32 Å². The summed E-state index contributed by atoms with van der Waals surface area (Å²) in [7, 11) is 2.06. The molecule has 0 radical (unpaired) electrons. The predicted octanol–water partition coefficient (Wildman–Crippen LogP) is 2.62. The molecule has 0 bridgehead atoms. The fraction of sp³-hybridized carbons (Fsp3) is 0.833. The van der Waals surface area contributed by atoms with Crippen LogP contribution in [0.25, 0.3) is 0 Å². The molecule has 1 spiro atoms.